The Morgan fingerprint density at radius 1 is 1.05 bits per heavy atom. The van der Waals surface area contributed by atoms with Crippen molar-refractivity contribution in [3.8, 4) is 12.3 Å². The van der Waals surface area contributed by atoms with Crippen molar-refractivity contribution in [1.82, 2.24) is 16.0 Å². The molecule has 0 aromatic heterocycles. The molecule has 0 saturated carbocycles. The van der Waals surface area contributed by atoms with Crippen LogP contribution in [0.2, 0.25) is 0 Å². The van der Waals surface area contributed by atoms with Gasteiger partial charge < -0.3 is 10.6 Å². The van der Waals surface area contributed by atoms with Crippen LogP contribution < -0.4 is 16.0 Å². The first kappa shape index (κ1) is 14.7. The largest absolute Gasteiger partial charge is 0.350 e. The Morgan fingerprint density at radius 3 is 2.42 bits per heavy atom. The van der Waals surface area contributed by atoms with E-state index in [9.17, 15) is 9.59 Å². The van der Waals surface area contributed by atoms with E-state index in [1.54, 1.807) is 0 Å². The van der Waals surface area contributed by atoms with Gasteiger partial charge in [-0.05, 0) is 5.56 Å². The van der Waals surface area contributed by atoms with Crippen molar-refractivity contribution in [3.05, 3.63) is 35.9 Å². The van der Waals surface area contributed by atoms with Gasteiger partial charge in [0.1, 0.15) is 0 Å². The normalized spacial score (nSPS) is 9.42. The molecule has 0 fully saturated rings. The number of nitrogens with one attached hydrogen (secondary N) is 3. The third-order valence-electron chi connectivity index (χ3n) is 2.29. The van der Waals surface area contributed by atoms with Gasteiger partial charge in [0.2, 0.25) is 11.8 Å². The first-order valence-corrected chi connectivity index (χ1v) is 5.94. The van der Waals surface area contributed by atoms with Gasteiger partial charge in [-0.2, -0.15) is 0 Å². The van der Waals surface area contributed by atoms with Crippen LogP contribution in [0.25, 0.3) is 0 Å². The minimum atomic E-state index is -0.259. The lowest BCUT2D eigenvalue weighted by atomic mass is 10.2. The van der Waals surface area contributed by atoms with Crippen molar-refractivity contribution < 1.29 is 9.59 Å². The second kappa shape index (κ2) is 8.72. The van der Waals surface area contributed by atoms with E-state index in [-0.39, 0.29) is 24.9 Å². The molecule has 2 amide bonds. The average Bonchev–Trinajstić information content (AvgIpc) is 2.44. The summed E-state index contributed by atoms with van der Waals surface area (Å²) in [6.07, 6.45) is 5.02. The van der Waals surface area contributed by atoms with Gasteiger partial charge in [-0.25, -0.2) is 0 Å². The second-order valence-corrected chi connectivity index (χ2v) is 3.85. The van der Waals surface area contributed by atoms with Crippen molar-refractivity contribution in [2.75, 3.05) is 19.6 Å². The van der Waals surface area contributed by atoms with Crippen molar-refractivity contribution in [3.63, 3.8) is 0 Å². The average molecular weight is 259 g/mol. The SMILES string of the molecule is C#CCNCC(=O)NCC(=O)NCc1ccccc1. The molecule has 1 aromatic rings. The van der Waals surface area contributed by atoms with Gasteiger partial charge >= 0.3 is 0 Å². The number of carbonyl (C=O) groups excluding carboxylic acids is 2. The van der Waals surface area contributed by atoms with Gasteiger partial charge in [0, 0.05) is 6.54 Å². The van der Waals surface area contributed by atoms with Gasteiger partial charge in [0.05, 0.1) is 19.6 Å². The molecule has 0 aliphatic carbocycles. The van der Waals surface area contributed by atoms with Crippen LogP contribution in [0, 0.1) is 12.3 Å². The molecule has 0 spiro atoms. The smallest absolute Gasteiger partial charge is 0.239 e. The summed E-state index contributed by atoms with van der Waals surface area (Å²) in [7, 11) is 0. The molecule has 19 heavy (non-hydrogen) atoms. The van der Waals surface area contributed by atoms with Gasteiger partial charge in [0.15, 0.2) is 0 Å². The highest BCUT2D eigenvalue weighted by atomic mass is 16.2. The van der Waals surface area contributed by atoms with Gasteiger partial charge in [0.25, 0.3) is 0 Å². The molecule has 3 N–H and O–H groups in total. The number of hydrogen-bond donors (Lipinski definition) is 3. The molecule has 0 aliphatic rings. The quantitative estimate of drug-likeness (QED) is 0.463. The zero-order valence-corrected chi connectivity index (χ0v) is 10.6. The fraction of sp³-hybridized carbons (Fsp3) is 0.286. The Hall–Kier alpha value is -2.32. The lowest BCUT2D eigenvalue weighted by Crippen LogP contribution is -2.40. The number of hydrogen-bond acceptors (Lipinski definition) is 3. The number of carbonyl (C=O) groups is 2. The Bertz CT molecular complexity index is 452. The Kier molecular flexibility index (Phi) is 6.77. The molecule has 5 nitrogen and oxygen atoms in total. The fourth-order valence-electron chi connectivity index (χ4n) is 1.35. The maximum Gasteiger partial charge on any atom is 0.239 e. The molecule has 0 saturated heterocycles. The van der Waals surface area contributed by atoms with Crippen LogP contribution in [0.15, 0.2) is 30.3 Å². The summed E-state index contributed by atoms with van der Waals surface area (Å²) in [4.78, 5) is 22.7. The number of amides is 2. The van der Waals surface area contributed by atoms with Crippen molar-refractivity contribution in [1.29, 1.82) is 0 Å². The van der Waals surface area contributed by atoms with Crippen molar-refractivity contribution in [2.45, 2.75) is 6.54 Å². The minimum absolute atomic E-state index is 0.0383. The summed E-state index contributed by atoms with van der Waals surface area (Å²) >= 11 is 0. The third-order valence-corrected chi connectivity index (χ3v) is 2.29. The molecular formula is C14H17N3O2. The van der Waals surface area contributed by atoms with E-state index in [0.717, 1.165) is 5.56 Å². The second-order valence-electron chi connectivity index (χ2n) is 3.85. The zero-order valence-electron chi connectivity index (χ0n) is 10.6. The van der Waals surface area contributed by atoms with E-state index >= 15 is 0 Å². The Balaban J connectivity index is 2.14. The maximum absolute atomic E-state index is 11.5. The van der Waals surface area contributed by atoms with Crippen LogP contribution in [0.5, 0.6) is 0 Å². The van der Waals surface area contributed by atoms with E-state index < -0.39 is 0 Å². The summed E-state index contributed by atoms with van der Waals surface area (Å²) in [6.45, 7) is 0.845. The molecule has 1 rings (SSSR count). The number of rotatable bonds is 7. The van der Waals surface area contributed by atoms with E-state index in [2.05, 4.69) is 21.9 Å². The summed E-state index contributed by atoms with van der Waals surface area (Å²) in [5.74, 6) is 1.87. The highest BCUT2D eigenvalue weighted by Gasteiger charge is 2.04. The molecule has 100 valence electrons. The summed E-state index contributed by atoms with van der Waals surface area (Å²) in [6, 6.07) is 9.56. The molecular weight excluding hydrogens is 242 g/mol. The fourth-order valence-corrected chi connectivity index (χ4v) is 1.35. The molecule has 0 unspecified atom stereocenters. The van der Waals surface area contributed by atoms with E-state index in [0.29, 0.717) is 13.1 Å². The van der Waals surface area contributed by atoms with Crippen LogP contribution in [0.1, 0.15) is 5.56 Å². The van der Waals surface area contributed by atoms with Crippen LogP contribution in [-0.4, -0.2) is 31.4 Å². The van der Waals surface area contributed by atoms with Crippen LogP contribution >= 0.6 is 0 Å². The van der Waals surface area contributed by atoms with Crippen LogP contribution in [0.3, 0.4) is 0 Å². The first-order valence-electron chi connectivity index (χ1n) is 5.94. The third kappa shape index (κ3) is 6.86. The number of terminal acetylenes is 1. The van der Waals surface area contributed by atoms with Crippen LogP contribution in [0.4, 0.5) is 0 Å². The lowest BCUT2D eigenvalue weighted by Gasteiger charge is -2.07. The molecule has 0 heterocycles. The predicted octanol–water partition coefficient (Wildman–Crippen LogP) is -0.358. The van der Waals surface area contributed by atoms with Gasteiger partial charge in [-0.1, -0.05) is 36.3 Å². The monoisotopic (exact) mass is 259 g/mol. The Labute approximate surface area is 112 Å². The standard InChI is InChI=1S/C14H17N3O2/c1-2-8-15-10-13(18)17-11-14(19)16-9-12-6-4-3-5-7-12/h1,3-7,15H,8-11H2,(H,16,19)(H,17,18). The first-order chi connectivity index (χ1) is 9.22. The van der Waals surface area contributed by atoms with E-state index in [1.165, 1.54) is 0 Å². The highest BCUT2D eigenvalue weighted by molar-refractivity contribution is 5.85. The van der Waals surface area contributed by atoms with Gasteiger partial charge in [-0.15, -0.1) is 6.42 Å². The lowest BCUT2D eigenvalue weighted by molar-refractivity contribution is -0.125. The molecule has 0 atom stereocenters. The zero-order chi connectivity index (χ0) is 13.9. The predicted molar refractivity (Wildman–Crippen MR) is 73.0 cm³/mol. The minimum Gasteiger partial charge on any atom is -0.350 e. The van der Waals surface area contributed by atoms with Gasteiger partial charge in [-0.3, -0.25) is 14.9 Å². The van der Waals surface area contributed by atoms with Crippen molar-refractivity contribution >= 4 is 11.8 Å². The van der Waals surface area contributed by atoms with E-state index in [1.807, 2.05) is 30.3 Å². The molecule has 5 heteroatoms. The van der Waals surface area contributed by atoms with Crippen LogP contribution in [-0.2, 0) is 16.1 Å². The molecule has 0 aliphatic heterocycles. The molecule has 1 aromatic carbocycles. The van der Waals surface area contributed by atoms with E-state index in [4.69, 9.17) is 6.42 Å². The van der Waals surface area contributed by atoms with Crippen molar-refractivity contribution in [2.24, 2.45) is 0 Å². The topological polar surface area (TPSA) is 70.2 Å². The maximum atomic E-state index is 11.5. The summed E-state index contributed by atoms with van der Waals surface area (Å²) in [5, 5.41) is 7.95. The molecule has 0 bridgehead atoms. The Morgan fingerprint density at radius 2 is 1.74 bits per heavy atom. The highest BCUT2D eigenvalue weighted by Crippen LogP contribution is 1.96. The summed E-state index contributed by atoms with van der Waals surface area (Å²) in [5.41, 5.74) is 1.01. The number of benzene rings is 1. The molecule has 0 radical (unpaired) electrons. The summed E-state index contributed by atoms with van der Waals surface area (Å²) < 4.78 is 0.